The number of halogens is 3. The summed E-state index contributed by atoms with van der Waals surface area (Å²) >= 11 is 0. The maximum Gasteiger partial charge on any atom is 0.274 e. The topological polar surface area (TPSA) is 319 Å². The average Bonchev–Trinajstić information content (AvgIpc) is 1.66. The van der Waals surface area contributed by atoms with Gasteiger partial charge in [0, 0.05) is 99.4 Å². The second kappa shape index (κ2) is 36.6. The van der Waals surface area contributed by atoms with Crippen LogP contribution in [0.2, 0.25) is 0 Å². The molecule has 0 unspecified atom stereocenters. The second-order valence-electron chi connectivity index (χ2n) is 23.3. The lowest BCUT2D eigenvalue weighted by atomic mass is 9.93. The van der Waals surface area contributed by atoms with E-state index in [0.717, 1.165) is 60.8 Å². The van der Waals surface area contributed by atoms with Gasteiger partial charge < -0.3 is 39.6 Å². The quantitative estimate of drug-likeness (QED) is 0.0348. The van der Waals surface area contributed by atoms with Crippen LogP contribution in [0.5, 0.6) is 0 Å². The molecule has 0 aliphatic heterocycles. The Morgan fingerprint density at radius 3 is 1.56 bits per heavy atom. The summed E-state index contributed by atoms with van der Waals surface area (Å²) in [7, 11) is 3.25. The smallest absolute Gasteiger partial charge is 0.274 e. The first-order valence-electron chi connectivity index (χ1n) is 33.3. The van der Waals surface area contributed by atoms with Crippen LogP contribution in [0.15, 0.2) is 184 Å². The predicted molar refractivity (Wildman–Crippen MR) is 380 cm³/mol. The first-order chi connectivity index (χ1) is 50.8. The van der Waals surface area contributed by atoms with E-state index < -0.39 is 29.3 Å². The lowest BCUT2D eigenvalue weighted by Gasteiger charge is -2.28. The van der Waals surface area contributed by atoms with E-state index >= 15 is 0 Å². The van der Waals surface area contributed by atoms with E-state index in [0.29, 0.717) is 116 Å². The molecule has 12 heterocycles. The van der Waals surface area contributed by atoms with Crippen molar-refractivity contribution in [3.8, 4) is 67.9 Å². The number of carbonyl (C=O) groups is 3. The van der Waals surface area contributed by atoms with Crippen LogP contribution in [0.1, 0.15) is 75.7 Å². The number of nitrogens with one attached hydrogen (secondary N) is 4. The van der Waals surface area contributed by atoms with Gasteiger partial charge in [-0.25, -0.2) is 33.1 Å². The highest BCUT2D eigenvalue weighted by Gasteiger charge is 2.28. The maximum absolute atomic E-state index is 14.7. The third kappa shape index (κ3) is 19.6. The number of hydrogen-bond donors (Lipinski definition) is 4. The zero-order valence-electron chi connectivity index (χ0n) is 57.3. The molecular formula is C74H74F3N19O8. The first-order valence-corrected chi connectivity index (χ1v) is 33.3. The standard InChI is InChI=1S/C25H25F2N7O2.C25H26N6O3.C24H23FN6O3/c1-2-36-18-8-6-17(7-9-18)34-14-22(24(33-34)23-19(27)10-16(26)13-28-23)32-25(35)21-5-3-4-20(31-21)15-11-29-30-12-15;1-18-16-26-11-9-19(18)20-7-5-8-22(28-20)25(32)29-23-17-31(12-13-34-15-14-33-2)30-24(23)21-6-3-4-10-27-21;1-33-13-14-34-12-11-31-16-22(23(30-31)20-5-2-3-9-27-20)29-24(32)21-7-4-6-19(28-21)17-8-10-26-15-18(17)25/h3-5,10-14,17-18H,2,6-9H2,1H3,(H,29,30)(H,32,35);3-11,16-17H,12-15H2,1-2H3,(H,29,32);2-10,15-16H,11-14H2,1H3,(H,29,32). The van der Waals surface area contributed by atoms with Crippen molar-refractivity contribution in [1.29, 1.82) is 0 Å². The van der Waals surface area contributed by atoms with Crippen LogP contribution in [0.3, 0.4) is 0 Å². The predicted octanol–water partition coefficient (Wildman–Crippen LogP) is 11.9. The molecule has 1 aliphatic rings. The van der Waals surface area contributed by atoms with Crippen LogP contribution in [0, 0.1) is 24.4 Å². The number of nitrogens with zero attached hydrogens (tertiary/aromatic N) is 15. The average molecular weight is 1410 g/mol. The molecule has 0 atom stereocenters. The fourth-order valence-corrected chi connectivity index (χ4v) is 11.0. The number of aryl methyl sites for hydroxylation is 1. The Morgan fingerprint density at radius 2 is 1.05 bits per heavy atom. The van der Waals surface area contributed by atoms with Crippen molar-refractivity contribution >= 4 is 34.8 Å². The molecule has 1 saturated carbocycles. The van der Waals surface area contributed by atoms with Crippen molar-refractivity contribution in [2.24, 2.45) is 0 Å². The molecule has 4 N–H and O–H groups in total. The lowest BCUT2D eigenvalue weighted by Crippen LogP contribution is -2.24. The molecule has 13 rings (SSSR count). The summed E-state index contributed by atoms with van der Waals surface area (Å²) in [5, 5.41) is 29.0. The second-order valence-corrected chi connectivity index (χ2v) is 23.3. The molecule has 12 aromatic rings. The van der Waals surface area contributed by atoms with Gasteiger partial charge in [0.25, 0.3) is 17.7 Å². The Labute approximate surface area is 595 Å². The highest BCUT2D eigenvalue weighted by Crippen LogP contribution is 2.35. The minimum atomic E-state index is -0.865. The first kappa shape index (κ1) is 73.3. The summed E-state index contributed by atoms with van der Waals surface area (Å²) in [5.41, 5.74) is 8.76. The monoisotopic (exact) mass is 1410 g/mol. The van der Waals surface area contributed by atoms with Crippen molar-refractivity contribution < 1.29 is 51.2 Å². The zero-order valence-corrected chi connectivity index (χ0v) is 57.3. The van der Waals surface area contributed by atoms with E-state index in [2.05, 4.69) is 81.3 Å². The van der Waals surface area contributed by atoms with Crippen LogP contribution in [0.4, 0.5) is 30.2 Å². The molecule has 1 aliphatic carbocycles. The largest absolute Gasteiger partial charge is 0.382 e. The number of pyridine rings is 8. The molecule has 104 heavy (non-hydrogen) atoms. The van der Waals surface area contributed by atoms with Crippen LogP contribution < -0.4 is 16.0 Å². The number of aromatic nitrogens is 16. The molecule has 534 valence electrons. The molecule has 0 spiro atoms. The van der Waals surface area contributed by atoms with E-state index in [1.165, 1.54) is 12.3 Å². The molecule has 12 aromatic heterocycles. The Balaban J connectivity index is 0.000000156. The van der Waals surface area contributed by atoms with E-state index in [1.807, 2.05) is 62.4 Å². The van der Waals surface area contributed by atoms with Crippen LogP contribution in [0.25, 0.3) is 67.9 Å². The van der Waals surface area contributed by atoms with Gasteiger partial charge in [-0.1, -0.05) is 30.3 Å². The van der Waals surface area contributed by atoms with Gasteiger partial charge >= 0.3 is 0 Å². The number of methoxy groups -OCH3 is 2. The number of amides is 3. The summed E-state index contributed by atoms with van der Waals surface area (Å²) < 4.78 is 74.2. The number of anilines is 3. The van der Waals surface area contributed by atoms with Gasteiger partial charge in [-0.15, -0.1) is 0 Å². The highest BCUT2D eigenvalue weighted by atomic mass is 19.1. The molecule has 0 radical (unpaired) electrons. The Bertz CT molecular complexity index is 4590. The number of aromatic amines is 1. The molecule has 30 heteroatoms. The fourth-order valence-electron chi connectivity index (χ4n) is 11.0. The van der Waals surface area contributed by atoms with Crippen LogP contribution in [-0.4, -0.2) is 164 Å². The normalized spacial score (nSPS) is 13.3. The summed E-state index contributed by atoms with van der Waals surface area (Å²) in [5.74, 6) is -3.46. The third-order valence-corrected chi connectivity index (χ3v) is 16.1. The van der Waals surface area contributed by atoms with Gasteiger partial charge in [0.2, 0.25) is 0 Å². The van der Waals surface area contributed by atoms with Crippen molar-refractivity contribution in [2.45, 2.75) is 64.8 Å². The van der Waals surface area contributed by atoms with E-state index in [4.69, 9.17) is 23.7 Å². The Morgan fingerprint density at radius 1 is 0.519 bits per heavy atom. The molecule has 3 amide bonds. The van der Waals surface area contributed by atoms with Gasteiger partial charge in [-0.3, -0.25) is 53.5 Å². The molecule has 0 aromatic carbocycles. The Hall–Kier alpha value is -12.0. The number of ether oxygens (including phenoxy) is 5. The minimum Gasteiger partial charge on any atom is -0.382 e. The number of H-pyrrole nitrogens is 1. The van der Waals surface area contributed by atoms with Gasteiger partial charge in [0.15, 0.2) is 11.6 Å². The highest BCUT2D eigenvalue weighted by molar-refractivity contribution is 6.06. The van der Waals surface area contributed by atoms with Gasteiger partial charge in [-0.05, 0) is 118 Å². The summed E-state index contributed by atoms with van der Waals surface area (Å²) in [6.45, 7) is 8.54. The van der Waals surface area contributed by atoms with Crippen LogP contribution in [-0.2, 0) is 36.8 Å². The van der Waals surface area contributed by atoms with E-state index in [9.17, 15) is 27.6 Å². The summed E-state index contributed by atoms with van der Waals surface area (Å²) in [6, 6.07) is 30.5. The molecule has 0 saturated heterocycles. The van der Waals surface area contributed by atoms with Gasteiger partial charge in [0.1, 0.15) is 45.7 Å². The Kier molecular flexibility index (Phi) is 25.8. The van der Waals surface area contributed by atoms with Crippen molar-refractivity contribution in [1.82, 2.24) is 79.4 Å². The summed E-state index contributed by atoms with van der Waals surface area (Å²) in [6.07, 6.45) is 22.4. The van der Waals surface area contributed by atoms with Gasteiger partial charge in [0.05, 0.1) is 129 Å². The van der Waals surface area contributed by atoms with Crippen molar-refractivity contribution in [2.75, 3.05) is 76.4 Å². The minimum absolute atomic E-state index is 0.0529. The van der Waals surface area contributed by atoms with E-state index in [1.54, 1.807) is 133 Å². The molecule has 27 nitrogen and oxygen atoms in total. The fraction of sp³-hybridized carbons (Fsp3) is 0.257. The number of hydrogen-bond acceptors (Lipinski definition) is 20. The number of carbonyl (C=O) groups excluding carboxylic acids is 3. The molecular weight excluding hydrogens is 1340 g/mol. The van der Waals surface area contributed by atoms with Crippen molar-refractivity contribution in [3.63, 3.8) is 0 Å². The zero-order chi connectivity index (χ0) is 72.6. The van der Waals surface area contributed by atoms with Crippen molar-refractivity contribution in [3.05, 3.63) is 224 Å². The van der Waals surface area contributed by atoms with E-state index in [-0.39, 0.29) is 52.1 Å². The molecule has 0 bridgehead atoms. The maximum atomic E-state index is 14.7. The summed E-state index contributed by atoms with van der Waals surface area (Å²) in [4.78, 5) is 73.1. The SMILES string of the molecule is CCOC1CCC(n2cc(NC(=O)c3cccc(-c4cn[nH]c4)n3)c(-c3ncc(F)cc3F)n2)CC1.COCCOCCn1cc(NC(=O)c2cccc(-c3ccncc3C)n2)c(-c2ccccn2)n1.COCCOCCn1cc(NC(=O)c2cccc(-c3ccncc3F)n2)c(-c2ccccn2)n1. The number of rotatable bonds is 27. The third-order valence-electron chi connectivity index (χ3n) is 16.1. The van der Waals surface area contributed by atoms with Crippen LogP contribution >= 0.6 is 0 Å². The molecule has 1 fully saturated rings. The lowest BCUT2D eigenvalue weighted by molar-refractivity contribution is 0.0260. The van der Waals surface area contributed by atoms with Gasteiger partial charge in [-0.2, -0.15) is 20.4 Å².